The molecular weight excluding hydrogens is 260 g/mol. The number of amides is 1. The molecule has 20 heavy (non-hydrogen) atoms. The lowest BCUT2D eigenvalue weighted by Crippen LogP contribution is -2.57. The molecule has 1 aromatic rings. The minimum Gasteiger partial charge on any atom is -0.388 e. The van der Waals surface area contributed by atoms with Crippen molar-refractivity contribution in [3.05, 3.63) is 39.4 Å². The van der Waals surface area contributed by atoms with E-state index in [0.29, 0.717) is 0 Å². The van der Waals surface area contributed by atoms with Crippen LogP contribution in [0, 0.1) is 17.0 Å². The summed E-state index contributed by atoms with van der Waals surface area (Å²) < 4.78 is 0. The Hall–Kier alpha value is -1.95. The van der Waals surface area contributed by atoms with Crippen LogP contribution in [0.4, 0.5) is 5.69 Å². The minimum atomic E-state index is -1.17. The van der Waals surface area contributed by atoms with Gasteiger partial charge in [-0.15, -0.1) is 0 Å². The summed E-state index contributed by atoms with van der Waals surface area (Å²) in [5, 5.41) is 23.6. The molecule has 1 rings (SSSR count). The highest BCUT2D eigenvalue weighted by Crippen LogP contribution is 2.24. The van der Waals surface area contributed by atoms with Gasteiger partial charge in [-0.3, -0.25) is 14.9 Å². The van der Waals surface area contributed by atoms with Crippen LogP contribution < -0.4 is 5.32 Å². The van der Waals surface area contributed by atoms with Crippen LogP contribution in [0.15, 0.2) is 18.2 Å². The van der Waals surface area contributed by atoms with Gasteiger partial charge in [0.2, 0.25) is 0 Å². The highest BCUT2D eigenvalue weighted by molar-refractivity contribution is 5.98. The van der Waals surface area contributed by atoms with Gasteiger partial charge in [0.25, 0.3) is 11.6 Å². The van der Waals surface area contributed by atoms with Crippen LogP contribution in [0.5, 0.6) is 0 Å². The van der Waals surface area contributed by atoms with Crippen molar-refractivity contribution < 1.29 is 14.8 Å². The van der Waals surface area contributed by atoms with Gasteiger partial charge in [0.1, 0.15) is 5.56 Å². The topological polar surface area (TPSA) is 92.5 Å². The summed E-state index contributed by atoms with van der Waals surface area (Å²) in [6, 6.07) is 4.35. The van der Waals surface area contributed by atoms with Gasteiger partial charge in [-0.05, 0) is 46.2 Å². The second-order valence-corrected chi connectivity index (χ2v) is 5.92. The molecule has 0 saturated heterocycles. The zero-order valence-corrected chi connectivity index (χ0v) is 12.4. The Bertz CT molecular complexity index is 545. The van der Waals surface area contributed by atoms with Crippen LogP contribution in [0.3, 0.4) is 0 Å². The Morgan fingerprint density at radius 2 is 1.85 bits per heavy atom. The molecule has 0 heterocycles. The number of carbonyl (C=O) groups excluding carboxylic acids is 1. The van der Waals surface area contributed by atoms with Crippen molar-refractivity contribution in [3.8, 4) is 0 Å². The molecule has 0 fully saturated rings. The molecule has 110 valence electrons. The normalized spacial score (nSPS) is 12.1. The van der Waals surface area contributed by atoms with Gasteiger partial charge in [0, 0.05) is 6.07 Å². The number of carbonyl (C=O) groups is 1. The number of aliphatic hydroxyl groups is 1. The van der Waals surface area contributed by atoms with Crippen molar-refractivity contribution >= 4 is 11.6 Å². The van der Waals surface area contributed by atoms with E-state index in [4.69, 9.17) is 0 Å². The summed E-state index contributed by atoms with van der Waals surface area (Å²) in [4.78, 5) is 22.6. The van der Waals surface area contributed by atoms with Gasteiger partial charge >= 0.3 is 0 Å². The molecule has 0 spiro atoms. The summed E-state index contributed by atoms with van der Waals surface area (Å²) >= 11 is 0. The Morgan fingerprint density at radius 1 is 1.30 bits per heavy atom. The van der Waals surface area contributed by atoms with Crippen molar-refractivity contribution in [1.82, 2.24) is 5.32 Å². The Kier molecular flexibility index (Phi) is 4.19. The van der Waals surface area contributed by atoms with E-state index in [-0.39, 0.29) is 11.3 Å². The standard InChI is InChI=1S/C14H20N2O4/c1-9-6-7-11(16(19)20)10(8-9)12(17)15-13(2,3)14(4,5)18/h6-8,18H,1-5H3,(H,15,17). The van der Waals surface area contributed by atoms with E-state index in [2.05, 4.69) is 5.32 Å². The maximum absolute atomic E-state index is 12.3. The fourth-order valence-electron chi connectivity index (χ4n) is 1.50. The largest absolute Gasteiger partial charge is 0.388 e. The molecule has 1 aromatic carbocycles. The highest BCUT2D eigenvalue weighted by Gasteiger charge is 2.37. The molecule has 6 heteroatoms. The maximum Gasteiger partial charge on any atom is 0.282 e. The monoisotopic (exact) mass is 280 g/mol. The first kappa shape index (κ1) is 16.1. The van der Waals surface area contributed by atoms with E-state index in [0.717, 1.165) is 5.56 Å². The smallest absolute Gasteiger partial charge is 0.282 e. The van der Waals surface area contributed by atoms with Crippen LogP contribution in [-0.2, 0) is 0 Å². The van der Waals surface area contributed by atoms with Gasteiger partial charge in [-0.2, -0.15) is 0 Å². The quantitative estimate of drug-likeness (QED) is 0.653. The zero-order chi connectivity index (χ0) is 15.7. The number of hydrogen-bond donors (Lipinski definition) is 2. The number of nitrogens with one attached hydrogen (secondary N) is 1. The molecule has 0 unspecified atom stereocenters. The fraction of sp³-hybridized carbons (Fsp3) is 0.500. The average Bonchev–Trinajstić information content (AvgIpc) is 2.26. The molecule has 2 N–H and O–H groups in total. The van der Waals surface area contributed by atoms with Gasteiger partial charge in [-0.25, -0.2) is 0 Å². The Labute approximate surface area is 118 Å². The molecule has 0 radical (unpaired) electrons. The third-order valence-corrected chi connectivity index (χ3v) is 3.55. The molecule has 0 aliphatic rings. The Morgan fingerprint density at radius 3 is 2.30 bits per heavy atom. The first-order valence-electron chi connectivity index (χ1n) is 6.25. The van der Waals surface area contributed by atoms with E-state index < -0.39 is 22.0 Å². The average molecular weight is 280 g/mol. The molecule has 0 aliphatic heterocycles. The van der Waals surface area contributed by atoms with Gasteiger partial charge in [-0.1, -0.05) is 6.07 Å². The molecular formula is C14H20N2O4. The Balaban J connectivity index is 3.16. The molecule has 0 aliphatic carbocycles. The van der Waals surface area contributed by atoms with E-state index in [9.17, 15) is 20.0 Å². The van der Waals surface area contributed by atoms with Gasteiger partial charge < -0.3 is 10.4 Å². The summed E-state index contributed by atoms with van der Waals surface area (Å²) in [6.07, 6.45) is 0. The maximum atomic E-state index is 12.3. The van der Waals surface area contributed by atoms with E-state index in [1.807, 2.05) is 0 Å². The predicted octanol–water partition coefficient (Wildman–Crippen LogP) is 2.18. The summed E-state index contributed by atoms with van der Waals surface area (Å²) in [6.45, 7) is 8.20. The lowest BCUT2D eigenvalue weighted by molar-refractivity contribution is -0.385. The molecule has 6 nitrogen and oxygen atoms in total. The van der Waals surface area contributed by atoms with Crippen molar-refractivity contribution in [1.29, 1.82) is 0 Å². The minimum absolute atomic E-state index is 0.00711. The molecule has 0 atom stereocenters. The lowest BCUT2D eigenvalue weighted by atomic mass is 9.85. The zero-order valence-electron chi connectivity index (χ0n) is 12.4. The third kappa shape index (κ3) is 3.33. The summed E-state index contributed by atoms with van der Waals surface area (Å²) in [7, 11) is 0. The second-order valence-electron chi connectivity index (χ2n) is 5.92. The van der Waals surface area contributed by atoms with E-state index >= 15 is 0 Å². The van der Waals surface area contributed by atoms with Crippen molar-refractivity contribution in [2.75, 3.05) is 0 Å². The SMILES string of the molecule is Cc1ccc([N+](=O)[O-])c(C(=O)NC(C)(C)C(C)(C)O)c1. The van der Waals surface area contributed by atoms with Gasteiger partial charge in [0.05, 0.1) is 16.1 Å². The van der Waals surface area contributed by atoms with Gasteiger partial charge in [0.15, 0.2) is 0 Å². The molecule has 0 bridgehead atoms. The third-order valence-electron chi connectivity index (χ3n) is 3.55. The first-order chi connectivity index (χ1) is 8.95. The van der Waals surface area contributed by atoms with Crippen LogP contribution in [0.2, 0.25) is 0 Å². The number of rotatable bonds is 4. The number of benzene rings is 1. The van der Waals surface area contributed by atoms with E-state index in [1.165, 1.54) is 12.1 Å². The summed E-state index contributed by atoms with van der Waals surface area (Å²) in [5.74, 6) is -0.576. The number of nitrogens with zero attached hydrogens (tertiary/aromatic N) is 1. The van der Waals surface area contributed by atoms with Crippen molar-refractivity contribution in [2.24, 2.45) is 0 Å². The number of hydrogen-bond acceptors (Lipinski definition) is 4. The van der Waals surface area contributed by atoms with Crippen LogP contribution in [-0.4, -0.2) is 27.1 Å². The van der Waals surface area contributed by atoms with Crippen molar-refractivity contribution in [2.45, 2.75) is 45.8 Å². The highest BCUT2D eigenvalue weighted by atomic mass is 16.6. The summed E-state index contributed by atoms with van der Waals surface area (Å²) in [5.41, 5.74) is -1.60. The lowest BCUT2D eigenvalue weighted by Gasteiger charge is -2.37. The second kappa shape index (κ2) is 5.20. The molecule has 0 aromatic heterocycles. The van der Waals surface area contributed by atoms with Crippen LogP contribution in [0.25, 0.3) is 0 Å². The fourth-order valence-corrected chi connectivity index (χ4v) is 1.50. The molecule has 0 saturated carbocycles. The predicted molar refractivity (Wildman–Crippen MR) is 75.7 cm³/mol. The van der Waals surface area contributed by atoms with Crippen LogP contribution in [0.1, 0.15) is 43.6 Å². The molecule has 1 amide bonds. The number of aryl methyl sites for hydroxylation is 1. The van der Waals surface area contributed by atoms with Crippen molar-refractivity contribution in [3.63, 3.8) is 0 Å². The first-order valence-corrected chi connectivity index (χ1v) is 6.25. The number of nitro groups is 1. The van der Waals surface area contributed by atoms with Crippen LogP contribution >= 0.6 is 0 Å². The number of nitro benzene ring substituents is 1. The van der Waals surface area contributed by atoms with E-state index in [1.54, 1.807) is 40.7 Å².